The second-order valence-electron chi connectivity index (χ2n) is 6.62. The Bertz CT molecular complexity index is 838. The lowest BCUT2D eigenvalue weighted by Crippen LogP contribution is -2.13. The van der Waals surface area contributed by atoms with E-state index >= 15 is 0 Å². The Morgan fingerprint density at radius 3 is 2.72 bits per heavy atom. The standard InChI is InChI=1S/C17H20N4O3S/c1-11-6-5-7-12(8-11)22-9-13-19-20-16(23-13)25-10-14-18-15(21-24-14)17(2,3)4/h5-8H,9-10H2,1-4H3. The number of hydrogen-bond acceptors (Lipinski definition) is 8. The number of hydrogen-bond donors (Lipinski definition) is 0. The van der Waals surface area contributed by atoms with Crippen molar-refractivity contribution in [3.63, 3.8) is 0 Å². The fourth-order valence-electron chi connectivity index (χ4n) is 1.95. The molecule has 8 heteroatoms. The molecule has 132 valence electrons. The Hall–Kier alpha value is -2.35. The van der Waals surface area contributed by atoms with E-state index < -0.39 is 0 Å². The maximum atomic E-state index is 5.64. The first-order valence-electron chi connectivity index (χ1n) is 7.88. The van der Waals surface area contributed by atoms with Crippen LogP contribution >= 0.6 is 11.8 Å². The first-order chi connectivity index (χ1) is 11.9. The first kappa shape index (κ1) is 17.5. The van der Waals surface area contributed by atoms with Gasteiger partial charge < -0.3 is 13.7 Å². The van der Waals surface area contributed by atoms with Crippen LogP contribution in [0.4, 0.5) is 0 Å². The van der Waals surface area contributed by atoms with Crippen molar-refractivity contribution in [2.75, 3.05) is 0 Å². The Labute approximate surface area is 150 Å². The average Bonchev–Trinajstić information content (AvgIpc) is 3.20. The molecule has 0 aliphatic heterocycles. The van der Waals surface area contributed by atoms with E-state index in [4.69, 9.17) is 13.7 Å². The summed E-state index contributed by atoms with van der Waals surface area (Å²) in [6, 6.07) is 7.79. The summed E-state index contributed by atoms with van der Waals surface area (Å²) in [5.74, 6) is 2.88. The maximum absolute atomic E-state index is 5.64. The van der Waals surface area contributed by atoms with Crippen LogP contribution in [0.25, 0.3) is 0 Å². The van der Waals surface area contributed by atoms with Gasteiger partial charge in [-0.3, -0.25) is 0 Å². The molecule has 25 heavy (non-hydrogen) atoms. The van der Waals surface area contributed by atoms with Gasteiger partial charge in [0, 0.05) is 5.41 Å². The summed E-state index contributed by atoms with van der Waals surface area (Å²) in [4.78, 5) is 4.37. The zero-order valence-corrected chi connectivity index (χ0v) is 15.5. The summed E-state index contributed by atoms with van der Waals surface area (Å²) in [6.45, 7) is 8.34. The largest absolute Gasteiger partial charge is 0.484 e. The topological polar surface area (TPSA) is 87.1 Å². The van der Waals surface area contributed by atoms with Crippen molar-refractivity contribution in [3.8, 4) is 5.75 Å². The van der Waals surface area contributed by atoms with E-state index in [2.05, 4.69) is 20.3 Å². The van der Waals surface area contributed by atoms with Crippen molar-refractivity contribution in [2.45, 2.75) is 50.7 Å². The molecule has 0 saturated carbocycles. The molecule has 0 aliphatic carbocycles. The molecule has 3 aromatic rings. The molecule has 0 amide bonds. The molecule has 2 aromatic heterocycles. The Balaban J connectivity index is 1.52. The van der Waals surface area contributed by atoms with Crippen LogP contribution in [-0.4, -0.2) is 20.3 Å². The van der Waals surface area contributed by atoms with Crippen LogP contribution in [0, 0.1) is 6.92 Å². The predicted molar refractivity (Wildman–Crippen MR) is 92.4 cm³/mol. The lowest BCUT2D eigenvalue weighted by molar-refractivity contribution is 0.252. The zero-order chi connectivity index (χ0) is 17.9. The van der Waals surface area contributed by atoms with Gasteiger partial charge in [-0.05, 0) is 24.6 Å². The molecular formula is C17H20N4O3S. The third kappa shape index (κ3) is 4.82. The predicted octanol–water partition coefficient (Wildman–Crippen LogP) is 3.93. The first-order valence-corrected chi connectivity index (χ1v) is 8.86. The fourth-order valence-corrected chi connectivity index (χ4v) is 2.56. The second-order valence-corrected chi connectivity index (χ2v) is 7.54. The van der Waals surface area contributed by atoms with Crippen molar-refractivity contribution in [1.82, 2.24) is 20.3 Å². The van der Waals surface area contributed by atoms with Crippen LogP contribution in [-0.2, 0) is 17.8 Å². The zero-order valence-electron chi connectivity index (χ0n) is 14.6. The molecule has 1 aromatic carbocycles. The highest BCUT2D eigenvalue weighted by Crippen LogP contribution is 2.24. The average molecular weight is 360 g/mol. The quantitative estimate of drug-likeness (QED) is 0.611. The molecule has 3 rings (SSSR count). The van der Waals surface area contributed by atoms with Gasteiger partial charge in [0.2, 0.25) is 5.89 Å². The molecule has 2 heterocycles. The number of thioether (sulfide) groups is 1. The van der Waals surface area contributed by atoms with Crippen molar-refractivity contribution in [2.24, 2.45) is 0 Å². The minimum atomic E-state index is -0.142. The van der Waals surface area contributed by atoms with Crippen molar-refractivity contribution in [1.29, 1.82) is 0 Å². The summed E-state index contributed by atoms with van der Waals surface area (Å²) in [5.41, 5.74) is 0.991. The SMILES string of the molecule is Cc1cccc(OCc2nnc(SCc3nc(C(C)(C)C)no3)o2)c1. The third-order valence-electron chi connectivity index (χ3n) is 3.26. The Morgan fingerprint density at radius 1 is 1.16 bits per heavy atom. The molecule has 0 unspecified atom stereocenters. The van der Waals surface area contributed by atoms with Gasteiger partial charge in [-0.15, -0.1) is 10.2 Å². The van der Waals surface area contributed by atoms with Crippen LogP contribution in [0.5, 0.6) is 5.75 Å². The lowest BCUT2D eigenvalue weighted by atomic mass is 9.96. The van der Waals surface area contributed by atoms with E-state index in [1.54, 1.807) is 0 Å². The van der Waals surface area contributed by atoms with E-state index in [0.717, 1.165) is 11.3 Å². The third-order valence-corrected chi connectivity index (χ3v) is 4.06. The highest BCUT2D eigenvalue weighted by atomic mass is 32.2. The Morgan fingerprint density at radius 2 is 2.00 bits per heavy atom. The van der Waals surface area contributed by atoms with Crippen LogP contribution in [0.15, 0.2) is 38.4 Å². The van der Waals surface area contributed by atoms with Gasteiger partial charge >= 0.3 is 0 Å². The van der Waals surface area contributed by atoms with E-state index in [0.29, 0.717) is 28.6 Å². The molecule has 0 fully saturated rings. The summed E-state index contributed by atoms with van der Waals surface area (Å²) in [6.07, 6.45) is 0. The van der Waals surface area contributed by atoms with Gasteiger partial charge in [0.25, 0.3) is 11.1 Å². The van der Waals surface area contributed by atoms with Crippen molar-refractivity contribution < 1.29 is 13.7 Å². The van der Waals surface area contributed by atoms with Gasteiger partial charge in [0.05, 0.1) is 5.75 Å². The van der Waals surface area contributed by atoms with Crippen LogP contribution in [0.3, 0.4) is 0 Å². The summed E-state index contributed by atoms with van der Waals surface area (Å²) < 4.78 is 16.4. The highest BCUT2D eigenvalue weighted by Gasteiger charge is 2.21. The van der Waals surface area contributed by atoms with Gasteiger partial charge in [-0.2, -0.15) is 4.98 Å². The summed E-state index contributed by atoms with van der Waals surface area (Å²) in [5, 5.41) is 12.4. The molecule has 0 atom stereocenters. The van der Waals surface area contributed by atoms with E-state index in [1.165, 1.54) is 11.8 Å². The molecule has 0 N–H and O–H groups in total. The van der Waals surface area contributed by atoms with Crippen molar-refractivity contribution in [3.05, 3.63) is 47.4 Å². The minimum Gasteiger partial charge on any atom is -0.484 e. The van der Waals surface area contributed by atoms with Crippen LogP contribution < -0.4 is 4.74 Å². The van der Waals surface area contributed by atoms with E-state index in [9.17, 15) is 0 Å². The monoisotopic (exact) mass is 360 g/mol. The van der Waals surface area contributed by atoms with Gasteiger partial charge in [-0.1, -0.05) is 49.8 Å². The van der Waals surface area contributed by atoms with Crippen molar-refractivity contribution >= 4 is 11.8 Å². The number of aryl methyl sites for hydroxylation is 1. The lowest BCUT2D eigenvalue weighted by Gasteiger charge is -2.10. The van der Waals surface area contributed by atoms with Gasteiger partial charge in [-0.25, -0.2) is 0 Å². The smallest absolute Gasteiger partial charge is 0.277 e. The highest BCUT2D eigenvalue weighted by molar-refractivity contribution is 7.98. The number of benzene rings is 1. The summed E-state index contributed by atoms with van der Waals surface area (Å²) >= 11 is 1.35. The molecular weight excluding hydrogens is 340 g/mol. The molecule has 0 saturated heterocycles. The molecule has 0 bridgehead atoms. The Kier molecular flexibility index (Phi) is 5.08. The van der Waals surface area contributed by atoms with E-state index in [1.807, 2.05) is 52.0 Å². The minimum absolute atomic E-state index is 0.142. The molecule has 0 spiro atoms. The number of nitrogens with zero attached hydrogens (tertiary/aromatic N) is 4. The molecule has 0 radical (unpaired) electrons. The van der Waals surface area contributed by atoms with E-state index in [-0.39, 0.29) is 12.0 Å². The number of rotatable bonds is 6. The van der Waals surface area contributed by atoms with Crippen LogP contribution in [0.2, 0.25) is 0 Å². The second kappa shape index (κ2) is 7.26. The fraction of sp³-hybridized carbons (Fsp3) is 0.412. The maximum Gasteiger partial charge on any atom is 0.277 e. The van der Waals surface area contributed by atoms with Gasteiger partial charge in [0.15, 0.2) is 12.4 Å². The number of ether oxygens (including phenoxy) is 1. The molecule has 7 nitrogen and oxygen atoms in total. The van der Waals surface area contributed by atoms with Crippen LogP contribution in [0.1, 0.15) is 43.9 Å². The number of aromatic nitrogens is 4. The molecule has 0 aliphatic rings. The van der Waals surface area contributed by atoms with Gasteiger partial charge in [0.1, 0.15) is 5.75 Å². The normalized spacial score (nSPS) is 11.7. The summed E-state index contributed by atoms with van der Waals surface area (Å²) in [7, 11) is 0.